The molecule has 2 aliphatic rings. The normalized spacial score (nSPS) is 42.2. The highest BCUT2D eigenvalue weighted by molar-refractivity contribution is 4.86. The van der Waals surface area contributed by atoms with Gasteiger partial charge < -0.3 is 10.6 Å². The lowest BCUT2D eigenvalue weighted by Crippen LogP contribution is -2.40. The summed E-state index contributed by atoms with van der Waals surface area (Å²) >= 11 is 0. The Morgan fingerprint density at radius 2 is 2.17 bits per heavy atom. The molecule has 0 radical (unpaired) electrons. The molecule has 3 unspecified atom stereocenters. The maximum Gasteiger partial charge on any atom is 0.0207 e. The van der Waals surface area contributed by atoms with E-state index in [9.17, 15) is 0 Å². The molecular weight excluding hydrogens is 148 g/mol. The number of rotatable bonds is 2. The molecule has 2 rings (SSSR count). The topological polar surface area (TPSA) is 24.1 Å². The molecule has 2 fully saturated rings. The van der Waals surface area contributed by atoms with Crippen LogP contribution in [0.15, 0.2) is 0 Å². The van der Waals surface area contributed by atoms with Gasteiger partial charge in [-0.3, -0.25) is 0 Å². The highest BCUT2D eigenvalue weighted by Gasteiger charge is 2.26. The minimum absolute atomic E-state index is 0.760. The van der Waals surface area contributed by atoms with Gasteiger partial charge in [-0.05, 0) is 31.7 Å². The summed E-state index contributed by atoms with van der Waals surface area (Å²) in [5.74, 6) is 0.908. The molecule has 2 nitrogen and oxygen atoms in total. The summed E-state index contributed by atoms with van der Waals surface area (Å²) in [5, 5.41) is 7.16. The zero-order valence-electron chi connectivity index (χ0n) is 7.97. The molecular formula is C10H20N2. The average Bonchev–Trinajstić information content (AvgIpc) is 2.65. The largest absolute Gasteiger partial charge is 0.315 e. The summed E-state index contributed by atoms with van der Waals surface area (Å²) in [4.78, 5) is 0. The molecule has 1 aliphatic carbocycles. The maximum atomic E-state index is 3.77. The Hall–Kier alpha value is -0.0800. The van der Waals surface area contributed by atoms with Crippen LogP contribution in [0.1, 0.15) is 32.6 Å². The first-order chi connectivity index (χ1) is 5.86. The minimum Gasteiger partial charge on any atom is -0.315 e. The van der Waals surface area contributed by atoms with Crippen molar-refractivity contribution >= 4 is 0 Å². The molecule has 0 amide bonds. The summed E-state index contributed by atoms with van der Waals surface area (Å²) in [6.07, 6.45) is 5.58. The average molecular weight is 168 g/mol. The summed E-state index contributed by atoms with van der Waals surface area (Å²) < 4.78 is 0. The highest BCUT2D eigenvalue weighted by Crippen LogP contribution is 2.25. The predicted octanol–water partition coefficient (Wildman–Crippen LogP) is 1.13. The zero-order valence-corrected chi connectivity index (χ0v) is 7.97. The Morgan fingerprint density at radius 1 is 1.25 bits per heavy atom. The molecule has 1 saturated carbocycles. The Kier molecular flexibility index (Phi) is 2.66. The Balaban J connectivity index is 1.77. The van der Waals surface area contributed by atoms with E-state index in [0.717, 1.165) is 18.0 Å². The molecule has 1 heterocycles. The second-order valence-corrected chi connectivity index (χ2v) is 4.37. The van der Waals surface area contributed by atoms with Gasteiger partial charge in [0.05, 0.1) is 0 Å². The first-order valence-electron chi connectivity index (χ1n) is 5.33. The summed E-state index contributed by atoms with van der Waals surface area (Å²) in [5.41, 5.74) is 0. The summed E-state index contributed by atoms with van der Waals surface area (Å²) in [6, 6.07) is 1.57. The zero-order chi connectivity index (χ0) is 8.39. The van der Waals surface area contributed by atoms with Crippen molar-refractivity contribution in [2.75, 3.05) is 13.1 Å². The van der Waals surface area contributed by atoms with Crippen molar-refractivity contribution in [3.63, 3.8) is 0 Å². The quantitative estimate of drug-likeness (QED) is 0.646. The Bertz CT molecular complexity index is 141. The number of hydrogen-bond acceptors (Lipinski definition) is 2. The van der Waals surface area contributed by atoms with Crippen LogP contribution < -0.4 is 10.6 Å². The smallest absolute Gasteiger partial charge is 0.0207 e. The molecule has 3 atom stereocenters. The van der Waals surface area contributed by atoms with Crippen molar-refractivity contribution in [1.82, 2.24) is 10.6 Å². The van der Waals surface area contributed by atoms with Crippen molar-refractivity contribution in [3.8, 4) is 0 Å². The van der Waals surface area contributed by atoms with Crippen LogP contribution in [0.3, 0.4) is 0 Å². The van der Waals surface area contributed by atoms with Crippen LogP contribution in [0.4, 0.5) is 0 Å². The fourth-order valence-corrected chi connectivity index (χ4v) is 2.49. The lowest BCUT2D eigenvalue weighted by atomic mass is 10.1. The molecule has 2 N–H and O–H groups in total. The lowest BCUT2D eigenvalue weighted by molar-refractivity contribution is 0.382. The third-order valence-corrected chi connectivity index (χ3v) is 3.37. The molecule has 70 valence electrons. The lowest BCUT2D eigenvalue weighted by Gasteiger charge is -2.21. The second-order valence-electron chi connectivity index (χ2n) is 4.37. The molecule has 2 heteroatoms. The minimum atomic E-state index is 0.760. The molecule has 0 aromatic rings. The molecule has 1 aliphatic heterocycles. The number of hydrogen-bond donors (Lipinski definition) is 2. The molecule has 0 spiro atoms. The van der Waals surface area contributed by atoms with Gasteiger partial charge in [0.25, 0.3) is 0 Å². The van der Waals surface area contributed by atoms with Gasteiger partial charge in [0.15, 0.2) is 0 Å². The van der Waals surface area contributed by atoms with E-state index in [0.29, 0.717) is 0 Å². The van der Waals surface area contributed by atoms with Gasteiger partial charge in [0.2, 0.25) is 0 Å². The van der Waals surface area contributed by atoms with Gasteiger partial charge in [-0.2, -0.15) is 0 Å². The third-order valence-electron chi connectivity index (χ3n) is 3.37. The van der Waals surface area contributed by atoms with Crippen molar-refractivity contribution in [2.45, 2.75) is 44.7 Å². The van der Waals surface area contributed by atoms with Gasteiger partial charge >= 0.3 is 0 Å². The van der Waals surface area contributed by atoms with Crippen LogP contribution in [0.2, 0.25) is 0 Å². The van der Waals surface area contributed by atoms with Crippen LogP contribution in [0.25, 0.3) is 0 Å². The van der Waals surface area contributed by atoms with Crippen molar-refractivity contribution in [1.29, 1.82) is 0 Å². The molecule has 1 saturated heterocycles. The monoisotopic (exact) mass is 168 g/mol. The fraction of sp³-hybridized carbons (Fsp3) is 1.00. The van der Waals surface area contributed by atoms with E-state index >= 15 is 0 Å². The van der Waals surface area contributed by atoms with E-state index in [-0.39, 0.29) is 0 Å². The molecule has 12 heavy (non-hydrogen) atoms. The van der Waals surface area contributed by atoms with E-state index in [4.69, 9.17) is 0 Å². The summed E-state index contributed by atoms with van der Waals surface area (Å²) in [6.45, 7) is 4.77. The predicted molar refractivity (Wildman–Crippen MR) is 51.2 cm³/mol. The molecule has 0 bridgehead atoms. The Labute approximate surface area is 75.1 Å². The molecule has 0 aromatic carbocycles. The van der Waals surface area contributed by atoms with Crippen LogP contribution in [0, 0.1) is 5.92 Å². The van der Waals surface area contributed by atoms with E-state index in [1.807, 2.05) is 0 Å². The fourth-order valence-electron chi connectivity index (χ4n) is 2.49. The van der Waals surface area contributed by atoms with Gasteiger partial charge in [-0.15, -0.1) is 0 Å². The van der Waals surface area contributed by atoms with Gasteiger partial charge in [-0.25, -0.2) is 0 Å². The van der Waals surface area contributed by atoms with Crippen LogP contribution in [0.5, 0.6) is 0 Å². The van der Waals surface area contributed by atoms with Crippen LogP contribution in [-0.4, -0.2) is 25.2 Å². The van der Waals surface area contributed by atoms with Crippen LogP contribution in [-0.2, 0) is 0 Å². The van der Waals surface area contributed by atoms with Crippen molar-refractivity contribution < 1.29 is 0 Å². The first-order valence-corrected chi connectivity index (χ1v) is 5.33. The van der Waals surface area contributed by atoms with Crippen LogP contribution >= 0.6 is 0 Å². The van der Waals surface area contributed by atoms with E-state index < -0.39 is 0 Å². The summed E-state index contributed by atoms with van der Waals surface area (Å²) in [7, 11) is 0. The van der Waals surface area contributed by atoms with E-state index in [1.54, 1.807) is 0 Å². The van der Waals surface area contributed by atoms with E-state index in [1.165, 1.54) is 38.8 Å². The SMILES string of the molecule is CC1CCCC1NC1CCNC1. The van der Waals surface area contributed by atoms with Crippen molar-refractivity contribution in [2.24, 2.45) is 5.92 Å². The van der Waals surface area contributed by atoms with Crippen molar-refractivity contribution in [3.05, 3.63) is 0 Å². The first kappa shape index (κ1) is 8.52. The highest BCUT2D eigenvalue weighted by atomic mass is 15.0. The van der Waals surface area contributed by atoms with Gasteiger partial charge in [0.1, 0.15) is 0 Å². The Morgan fingerprint density at radius 3 is 2.75 bits per heavy atom. The number of nitrogens with one attached hydrogen (secondary N) is 2. The van der Waals surface area contributed by atoms with Gasteiger partial charge in [0, 0.05) is 18.6 Å². The maximum absolute atomic E-state index is 3.77. The second kappa shape index (κ2) is 3.75. The molecule has 0 aromatic heterocycles. The van der Waals surface area contributed by atoms with E-state index in [2.05, 4.69) is 17.6 Å². The standard InChI is InChI=1S/C10H20N2/c1-8-3-2-4-10(8)12-9-5-6-11-7-9/h8-12H,2-7H2,1H3. The third kappa shape index (κ3) is 1.80. The van der Waals surface area contributed by atoms with Gasteiger partial charge in [-0.1, -0.05) is 13.3 Å².